The third-order valence-corrected chi connectivity index (χ3v) is 5.11. The molecule has 0 radical (unpaired) electrons. The minimum absolute atomic E-state index is 0.149. The molecule has 1 N–H and O–H groups in total. The first kappa shape index (κ1) is 18.9. The molecular formula is C20H19ClN4O2. The maximum absolute atomic E-state index is 12.6. The van der Waals surface area contributed by atoms with Gasteiger partial charge in [0, 0.05) is 17.8 Å². The number of hydrogen-bond donors (Lipinski definition) is 1. The number of pyridine rings is 1. The van der Waals surface area contributed by atoms with Crippen molar-refractivity contribution in [3.05, 3.63) is 57.4 Å². The van der Waals surface area contributed by atoms with Gasteiger partial charge in [0.1, 0.15) is 11.8 Å². The minimum atomic E-state index is -0.654. The molecule has 0 bridgehead atoms. The zero-order valence-electron chi connectivity index (χ0n) is 15.3. The van der Waals surface area contributed by atoms with Gasteiger partial charge in [-0.3, -0.25) is 15.0 Å². The lowest BCUT2D eigenvalue weighted by molar-refractivity contribution is 0.0960. The predicted octanol–water partition coefficient (Wildman–Crippen LogP) is 4.09. The molecule has 0 aliphatic heterocycles. The maximum Gasteiger partial charge on any atom is 0.328 e. The molecule has 1 aliphatic carbocycles. The Balaban J connectivity index is 1.87. The second-order valence-electron chi connectivity index (χ2n) is 6.67. The van der Waals surface area contributed by atoms with Crippen LogP contribution in [0.1, 0.15) is 51.6 Å². The SMILES string of the molecule is Cc1cccc(C(=O)NC(=O)N(C)c2c(C#N)cc(C3CC3)c(Cl)c2C)n1. The molecule has 0 unspecified atom stereocenters. The van der Waals surface area contributed by atoms with Crippen LogP contribution in [0.3, 0.4) is 0 Å². The maximum atomic E-state index is 12.6. The van der Waals surface area contributed by atoms with Gasteiger partial charge in [0.25, 0.3) is 5.91 Å². The van der Waals surface area contributed by atoms with Crippen molar-refractivity contribution in [1.29, 1.82) is 5.26 Å². The number of nitrogens with zero attached hydrogens (tertiary/aromatic N) is 3. The molecule has 6 nitrogen and oxygen atoms in total. The zero-order valence-corrected chi connectivity index (χ0v) is 16.1. The summed E-state index contributed by atoms with van der Waals surface area (Å²) in [5.74, 6) is -0.224. The Bertz CT molecular complexity index is 977. The zero-order chi connectivity index (χ0) is 19.7. The van der Waals surface area contributed by atoms with Crippen LogP contribution in [0.4, 0.5) is 10.5 Å². The summed E-state index contributed by atoms with van der Waals surface area (Å²) in [7, 11) is 1.50. The predicted molar refractivity (Wildman–Crippen MR) is 103 cm³/mol. The molecule has 1 aromatic carbocycles. The third kappa shape index (κ3) is 3.79. The molecule has 0 saturated heterocycles. The normalized spacial score (nSPS) is 13.0. The number of amides is 3. The smallest absolute Gasteiger partial charge is 0.296 e. The summed E-state index contributed by atoms with van der Waals surface area (Å²) in [6.45, 7) is 3.54. The van der Waals surface area contributed by atoms with Gasteiger partial charge in [-0.15, -0.1) is 0 Å². The van der Waals surface area contributed by atoms with Crippen LogP contribution >= 0.6 is 11.6 Å². The highest BCUT2D eigenvalue weighted by Crippen LogP contribution is 2.46. The van der Waals surface area contributed by atoms with Crippen LogP contribution in [-0.2, 0) is 0 Å². The number of benzene rings is 1. The van der Waals surface area contributed by atoms with Crippen molar-refractivity contribution in [2.45, 2.75) is 32.6 Å². The van der Waals surface area contributed by atoms with Crippen molar-refractivity contribution < 1.29 is 9.59 Å². The second kappa shape index (κ2) is 7.37. The number of aryl methyl sites for hydroxylation is 1. The molecule has 27 heavy (non-hydrogen) atoms. The van der Waals surface area contributed by atoms with E-state index in [0.717, 1.165) is 18.4 Å². The van der Waals surface area contributed by atoms with Crippen LogP contribution in [0.5, 0.6) is 0 Å². The van der Waals surface area contributed by atoms with Crippen molar-refractivity contribution >= 4 is 29.2 Å². The fraction of sp³-hybridized carbons (Fsp3) is 0.300. The quantitative estimate of drug-likeness (QED) is 0.866. The third-order valence-electron chi connectivity index (χ3n) is 4.61. The summed E-state index contributed by atoms with van der Waals surface area (Å²) in [6.07, 6.45) is 2.11. The lowest BCUT2D eigenvalue weighted by Crippen LogP contribution is -2.41. The van der Waals surface area contributed by atoms with Crippen LogP contribution < -0.4 is 10.2 Å². The summed E-state index contributed by atoms with van der Waals surface area (Å²) >= 11 is 6.49. The highest BCUT2D eigenvalue weighted by atomic mass is 35.5. The molecule has 0 atom stereocenters. The fourth-order valence-corrected chi connectivity index (χ4v) is 3.33. The lowest BCUT2D eigenvalue weighted by atomic mass is 10.00. The number of imide groups is 1. The average Bonchev–Trinajstić information content (AvgIpc) is 3.48. The van der Waals surface area contributed by atoms with Gasteiger partial charge in [-0.05, 0) is 61.9 Å². The first-order chi connectivity index (χ1) is 12.8. The van der Waals surface area contributed by atoms with Gasteiger partial charge in [0.05, 0.1) is 11.3 Å². The number of hydrogen-bond acceptors (Lipinski definition) is 4. The summed E-state index contributed by atoms with van der Waals surface area (Å²) in [6, 6.07) is 8.21. The Morgan fingerprint density at radius 3 is 2.63 bits per heavy atom. The van der Waals surface area contributed by atoms with Gasteiger partial charge >= 0.3 is 6.03 Å². The molecule has 7 heteroatoms. The van der Waals surface area contributed by atoms with E-state index < -0.39 is 11.9 Å². The van der Waals surface area contributed by atoms with Crippen LogP contribution in [0, 0.1) is 25.2 Å². The number of carbonyl (C=O) groups excluding carboxylic acids is 2. The van der Waals surface area contributed by atoms with Crippen LogP contribution in [0.25, 0.3) is 0 Å². The Labute approximate surface area is 162 Å². The van der Waals surface area contributed by atoms with Gasteiger partial charge in [-0.2, -0.15) is 5.26 Å². The summed E-state index contributed by atoms with van der Waals surface area (Å²) in [5.41, 5.74) is 3.18. The van der Waals surface area contributed by atoms with E-state index in [0.29, 0.717) is 33.4 Å². The molecule has 3 amide bonds. The number of aromatic nitrogens is 1. The van der Waals surface area contributed by atoms with E-state index in [2.05, 4.69) is 16.4 Å². The van der Waals surface area contributed by atoms with Gasteiger partial charge in [0.2, 0.25) is 0 Å². The molecule has 3 rings (SSSR count). The molecule has 0 spiro atoms. The number of anilines is 1. The van der Waals surface area contributed by atoms with Crippen molar-refractivity contribution in [2.24, 2.45) is 0 Å². The second-order valence-corrected chi connectivity index (χ2v) is 7.05. The molecular weight excluding hydrogens is 364 g/mol. The van der Waals surface area contributed by atoms with Crippen LogP contribution in [0.2, 0.25) is 5.02 Å². The average molecular weight is 383 g/mol. The topological polar surface area (TPSA) is 86.1 Å². The van der Waals surface area contributed by atoms with E-state index in [1.165, 1.54) is 18.0 Å². The first-order valence-corrected chi connectivity index (χ1v) is 8.97. The van der Waals surface area contributed by atoms with Crippen molar-refractivity contribution in [3.63, 3.8) is 0 Å². The largest absolute Gasteiger partial charge is 0.328 e. The number of halogens is 1. The number of nitriles is 1. The molecule has 1 fully saturated rings. The highest BCUT2D eigenvalue weighted by Gasteiger charge is 2.30. The van der Waals surface area contributed by atoms with Gasteiger partial charge in [-0.25, -0.2) is 9.78 Å². The van der Waals surface area contributed by atoms with Crippen LogP contribution in [-0.4, -0.2) is 24.0 Å². The molecule has 1 aliphatic rings. The Morgan fingerprint density at radius 1 is 1.33 bits per heavy atom. The number of urea groups is 1. The monoisotopic (exact) mass is 382 g/mol. The summed E-state index contributed by atoms with van der Waals surface area (Å²) in [5, 5.41) is 12.4. The molecule has 1 saturated carbocycles. The Hall–Kier alpha value is -2.91. The van der Waals surface area contributed by atoms with E-state index >= 15 is 0 Å². The highest BCUT2D eigenvalue weighted by molar-refractivity contribution is 6.33. The van der Waals surface area contributed by atoms with Crippen molar-refractivity contribution in [3.8, 4) is 6.07 Å². The Morgan fingerprint density at radius 2 is 2.04 bits per heavy atom. The number of rotatable bonds is 3. The minimum Gasteiger partial charge on any atom is -0.296 e. The summed E-state index contributed by atoms with van der Waals surface area (Å²) in [4.78, 5) is 30.2. The van der Waals surface area contributed by atoms with E-state index in [4.69, 9.17) is 11.6 Å². The van der Waals surface area contributed by atoms with E-state index in [9.17, 15) is 14.9 Å². The number of nitrogens with one attached hydrogen (secondary N) is 1. The first-order valence-electron chi connectivity index (χ1n) is 8.59. The number of carbonyl (C=O) groups is 2. The molecule has 1 heterocycles. The van der Waals surface area contributed by atoms with E-state index in [1.807, 2.05) is 0 Å². The molecule has 2 aromatic rings. The Kier molecular flexibility index (Phi) is 5.15. The molecule has 138 valence electrons. The van der Waals surface area contributed by atoms with E-state index in [-0.39, 0.29) is 5.69 Å². The van der Waals surface area contributed by atoms with Crippen LogP contribution in [0.15, 0.2) is 24.3 Å². The van der Waals surface area contributed by atoms with Gasteiger partial charge < -0.3 is 0 Å². The lowest BCUT2D eigenvalue weighted by Gasteiger charge is -2.23. The molecule has 1 aromatic heterocycles. The van der Waals surface area contributed by atoms with Gasteiger partial charge in [-0.1, -0.05) is 17.7 Å². The van der Waals surface area contributed by atoms with E-state index in [1.54, 1.807) is 32.0 Å². The summed E-state index contributed by atoms with van der Waals surface area (Å²) < 4.78 is 0. The standard InChI is InChI=1S/C20H19ClN4O2/c1-11-5-4-6-16(23-11)19(26)24-20(27)25(3)18-12(2)17(21)15(13-7-8-13)9-14(18)10-22/h4-6,9,13H,7-8H2,1-3H3,(H,24,26,27). The van der Waals surface area contributed by atoms with Gasteiger partial charge in [0.15, 0.2) is 0 Å². The fourth-order valence-electron chi connectivity index (χ4n) is 3.03. The van der Waals surface area contributed by atoms with Crippen molar-refractivity contribution in [1.82, 2.24) is 10.3 Å². The van der Waals surface area contributed by atoms with Crippen molar-refractivity contribution in [2.75, 3.05) is 11.9 Å².